The second kappa shape index (κ2) is 6.51. The van der Waals surface area contributed by atoms with Gasteiger partial charge in [-0.25, -0.2) is 14.8 Å². The van der Waals surface area contributed by atoms with Crippen molar-refractivity contribution in [2.75, 3.05) is 17.2 Å². The van der Waals surface area contributed by atoms with E-state index in [2.05, 4.69) is 20.6 Å². The molecule has 0 unspecified atom stereocenters. The van der Waals surface area contributed by atoms with Gasteiger partial charge >= 0.3 is 6.09 Å². The Balaban J connectivity index is 1.99. The molecule has 1 amide bonds. The summed E-state index contributed by atoms with van der Waals surface area (Å²) in [5.41, 5.74) is 2.44. The smallest absolute Gasteiger partial charge is 0.411 e. The first-order chi connectivity index (χ1) is 9.67. The molecule has 0 saturated heterocycles. The van der Waals surface area contributed by atoms with Crippen molar-refractivity contribution in [3.63, 3.8) is 0 Å². The maximum absolute atomic E-state index is 11.3. The SMILES string of the molecule is CCOC(=O)Nc1ccc(Nc2cc(C)ncn2)cc1. The van der Waals surface area contributed by atoms with Crippen molar-refractivity contribution >= 4 is 23.3 Å². The Morgan fingerprint density at radius 2 is 1.90 bits per heavy atom. The Morgan fingerprint density at radius 1 is 1.20 bits per heavy atom. The van der Waals surface area contributed by atoms with E-state index < -0.39 is 6.09 Å². The molecule has 2 rings (SSSR count). The number of nitrogens with zero attached hydrogens (tertiary/aromatic N) is 2. The zero-order chi connectivity index (χ0) is 14.4. The van der Waals surface area contributed by atoms with Crippen LogP contribution in [0.25, 0.3) is 0 Å². The Hall–Kier alpha value is -2.63. The van der Waals surface area contributed by atoms with Crippen molar-refractivity contribution in [3.05, 3.63) is 42.4 Å². The van der Waals surface area contributed by atoms with E-state index in [-0.39, 0.29) is 0 Å². The highest BCUT2D eigenvalue weighted by Crippen LogP contribution is 2.17. The maximum atomic E-state index is 11.3. The van der Waals surface area contributed by atoms with Gasteiger partial charge in [0.1, 0.15) is 12.1 Å². The lowest BCUT2D eigenvalue weighted by Gasteiger charge is -2.08. The molecule has 0 aliphatic heterocycles. The van der Waals surface area contributed by atoms with Crippen molar-refractivity contribution in [2.24, 2.45) is 0 Å². The van der Waals surface area contributed by atoms with Crippen LogP contribution in [0.15, 0.2) is 36.7 Å². The van der Waals surface area contributed by atoms with Crippen molar-refractivity contribution in [2.45, 2.75) is 13.8 Å². The zero-order valence-electron chi connectivity index (χ0n) is 11.4. The third-order valence-corrected chi connectivity index (χ3v) is 2.48. The molecule has 104 valence electrons. The Kier molecular flexibility index (Phi) is 4.49. The molecule has 1 aromatic carbocycles. The summed E-state index contributed by atoms with van der Waals surface area (Å²) in [5.74, 6) is 0.726. The number of rotatable bonds is 4. The lowest BCUT2D eigenvalue weighted by atomic mass is 10.3. The van der Waals surface area contributed by atoms with Crippen LogP contribution in [0.3, 0.4) is 0 Å². The highest BCUT2D eigenvalue weighted by molar-refractivity contribution is 5.84. The first-order valence-corrected chi connectivity index (χ1v) is 6.27. The topological polar surface area (TPSA) is 76.1 Å². The van der Waals surface area contributed by atoms with Crippen LogP contribution in [0.1, 0.15) is 12.6 Å². The first kappa shape index (κ1) is 13.8. The number of hydrogen-bond donors (Lipinski definition) is 2. The van der Waals surface area contributed by atoms with Crippen LogP contribution in [0.5, 0.6) is 0 Å². The van der Waals surface area contributed by atoms with E-state index in [4.69, 9.17) is 4.74 Å². The fourth-order valence-corrected chi connectivity index (χ4v) is 1.59. The summed E-state index contributed by atoms with van der Waals surface area (Å²) in [6, 6.07) is 9.11. The van der Waals surface area contributed by atoms with Gasteiger partial charge < -0.3 is 10.1 Å². The predicted molar refractivity (Wildman–Crippen MR) is 77.1 cm³/mol. The standard InChI is InChI=1S/C14H16N4O2/c1-3-20-14(19)18-12-6-4-11(5-7-12)17-13-8-10(2)15-9-16-13/h4-9H,3H2,1-2H3,(H,18,19)(H,15,16,17). The summed E-state index contributed by atoms with van der Waals surface area (Å²) in [7, 11) is 0. The number of hydrogen-bond acceptors (Lipinski definition) is 5. The van der Waals surface area contributed by atoms with Crippen LogP contribution in [-0.2, 0) is 4.74 Å². The van der Waals surface area contributed by atoms with Gasteiger partial charge in [-0.1, -0.05) is 0 Å². The van der Waals surface area contributed by atoms with Crippen LogP contribution in [0, 0.1) is 6.92 Å². The fraction of sp³-hybridized carbons (Fsp3) is 0.214. The Bertz CT molecular complexity index is 584. The lowest BCUT2D eigenvalue weighted by Crippen LogP contribution is -2.13. The fourth-order valence-electron chi connectivity index (χ4n) is 1.59. The summed E-state index contributed by atoms with van der Waals surface area (Å²) in [5, 5.41) is 5.78. The molecule has 1 aromatic heterocycles. The lowest BCUT2D eigenvalue weighted by molar-refractivity contribution is 0.168. The molecule has 0 radical (unpaired) electrons. The predicted octanol–water partition coefficient (Wildman–Crippen LogP) is 3.10. The third kappa shape index (κ3) is 3.94. The molecule has 0 atom stereocenters. The number of carbonyl (C=O) groups excluding carboxylic acids is 1. The van der Waals surface area contributed by atoms with Gasteiger partial charge in [0, 0.05) is 23.1 Å². The summed E-state index contributed by atoms with van der Waals surface area (Å²) < 4.78 is 4.80. The number of amides is 1. The minimum atomic E-state index is -0.459. The van der Waals surface area contributed by atoms with Gasteiger partial charge in [0.05, 0.1) is 6.61 Å². The third-order valence-electron chi connectivity index (χ3n) is 2.48. The highest BCUT2D eigenvalue weighted by atomic mass is 16.5. The van der Waals surface area contributed by atoms with E-state index in [9.17, 15) is 4.79 Å². The summed E-state index contributed by atoms with van der Waals surface area (Å²) in [6.07, 6.45) is 1.05. The van der Waals surface area contributed by atoms with Gasteiger partial charge in [-0.05, 0) is 38.1 Å². The number of ether oxygens (including phenoxy) is 1. The molecule has 0 saturated carbocycles. The van der Waals surface area contributed by atoms with E-state index in [0.717, 1.165) is 17.2 Å². The summed E-state index contributed by atoms with van der Waals surface area (Å²) in [4.78, 5) is 19.4. The molecule has 20 heavy (non-hydrogen) atoms. The second-order valence-corrected chi connectivity index (χ2v) is 4.09. The number of carbonyl (C=O) groups is 1. The average Bonchev–Trinajstić information content (AvgIpc) is 2.41. The monoisotopic (exact) mass is 272 g/mol. The van der Waals surface area contributed by atoms with E-state index in [1.165, 1.54) is 6.33 Å². The molecular formula is C14H16N4O2. The second-order valence-electron chi connectivity index (χ2n) is 4.09. The molecule has 6 heteroatoms. The van der Waals surface area contributed by atoms with Gasteiger partial charge in [-0.2, -0.15) is 0 Å². The van der Waals surface area contributed by atoms with Gasteiger partial charge in [-0.3, -0.25) is 5.32 Å². The number of benzene rings is 1. The van der Waals surface area contributed by atoms with Gasteiger partial charge in [0.15, 0.2) is 0 Å². The van der Waals surface area contributed by atoms with Crippen molar-refractivity contribution in [1.29, 1.82) is 0 Å². The normalized spacial score (nSPS) is 9.90. The minimum Gasteiger partial charge on any atom is -0.450 e. The van der Waals surface area contributed by atoms with E-state index in [1.54, 1.807) is 19.1 Å². The number of aromatic nitrogens is 2. The zero-order valence-corrected chi connectivity index (χ0v) is 11.4. The first-order valence-electron chi connectivity index (χ1n) is 6.27. The summed E-state index contributed by atoms with van der Waals surface area (Å²) >= 11 is 0. The van der Waals surface area contributed by atoms with E-state index >= 15 is 0 Å². The largest absolute Gasteiger partial charge is 0.450 e. The van der Waals surface area contributed by atoms with Crippen LogP contribution in [0.2, 0.25) is 0 Å². The van der Waals surface area contributed by atoms with E-state index in [0.29, 0.717) is 12.3 Å². The quantitative estimate of drug-likeness (QED) is 0.894. The average molecular weight is 272 g/mol. The van der Waals surface area contributed by atoms with Gasteiger partial charge in [0.25, 0.3) is 0 Å². The van der Waals surface area contributed by atoms with Crippen molar-refractivity contribution in [1.82, 2.24) is 9.97 Å². The molecule has 0 aliphatic rings. The molecule has 2 aromatic rings. The molecule has 0 fully saturated rings. The van der Waals surface area contributed by atoms with Crippen LogP contribution >= 0.6 is 0 Å². The van der Waals surface area contributed by atoms with Crippen molar-refractivity contribution < 1.29 is 9.53 Å². The van der Waals surface area contributed by atoms with Crippen LogP contribution in [0.4, 0.5) is 22.0 Å². The molecule has 1 heterocycles. The summed E-state index contributed by atoms with van der Waals surface area (Å²) in [6.45, 7) is 4.01. The molecule has 0 aliphatic carbocycles. The minimum absolute atomic E-state index is 0.346. The number of nitrogens with one attached hydrogen (secondary N) is 2. The number of aryl methyl sites for hydroxylation is 1. The molecule has 2 N–H and O–H groups in total. The molecular weight excluding hydrogens is 256 g/mol. The molecule has 0 spiro atoms. The van der Waals surface area contributed by atoms with E-state index in [1.807, 2.05) is 25.1 Å². The maximum Gasteiger partial charge on any atom is 0.411 e. The highest BCUT2D eigenvalue weighted by Gasteiger charge is 2.02. The van der Waals surface area contributed by atoms with Gasteiger partial charge in [-0.15, -0.1) is 0 Å². The Labute approximate surface area is 117 Å². The molecule has 0 bridgehead atoms. The van der Waals surface area contributed by atoms with Crippen LogP contribution in [-0.4, -0.2) is 22.7 Å². The number of anilines is 3. The van der Waals surface area contributed by atoms with Gasteiger partial charge in [0.2, 0.25) is 0 Å². The van der Waals surface area contributed by atoms with Crippen molar-refractivity contribution in [3.8, 4) is 0 Å². The molecule has 6 nitrogen and oxygen atoms in total. The van der Waals surface area contributed by atoms with Crippen LogP contribution < -0.4 is 10.6 Å². The Morgan fingerprint density at radius 3 is 2.55 bits per heavy atom.